The molecule has 0 aliphatic carbocycles. The Morgan fingerprint density at radius 1 is 1.19 bits per heavy atom. The number of ether oxygens (including phenoxy) is 1. The van der Waals surface area contributed by atoms with Gasteiger partial charge in [0.15, 0.2) is 17.3 Å². The Morgan fingerprint density at radius 3 is 2.69 bits per heavy atom. The van der Waals surface area contributed by atoms with Crippen LogP contribution >= 0.6 is 0 Å². The van der Waals surface area contributed by atoms with Crippen molar-refractivity contribution in [3.05, 3.63) is 71.6 Å². The lowest BCUT2D eigenvalue weighted by atomic mass is 10.1. The first-order valence-electron chi connectivity index (χ1n) is 9.99. The van der Waals surface area contributed by atoms with Gasteiger partial charge in [-0.3, -0.25) is 9.59 Å². The summed E-state index contributed by atoms with van der Waals surface area (Å²) in [6.45, 7) is 0.995. The van der Waals surface area contributed by atoms with Crippen molar-refractivity contribution in [1.29, 1.82) is 0 Å². The quantitative estimate of drug-likeness (QED) is 0.608. The summed E-state index contributed by atoms with van der Waals surface area (Å²) < 4.78 is 33.3. The number of benzene rings is 2. The number of anilines is 1. The number of nitrogens with zero attached hydrogens (tertiary/aromatic N) is 4. The summed E-state index contributed by atoms with van der Waals surface area (Å²) in [7, 11) is 1.60. The van der Waals surface area contributed by atoms with Crippen molar-refractivity contribution in [2.75, 3.05) is 25.1 Å². The molecule has 4 rings (SSSR count). The standard InChI is InChI=1S/C22H21F2N5O3/c1-32-17-5-2-14(3-6-17)11-28-13-20(26-27-28)22(31)25-10-15-8-21(30)29(12-15)16-4-7-18(23)19(24)9-16/h2-7,9,13,15H,8,10-12H2,1H3,(H,25,31). The molecule has 2 amide bonds. The van der Waals surface area contributed by atoms with Gasteiger partial charge in [0.05, 0.1) is 19.9 Å². The number of rotatable bonds is 7. The maximum absolute atomic E-state index is 13.5. The summed E-state index contributed by atoms with van der Waals surface area (Å²) >= 11 is 0. The van der Waals surface area contributed by atoms with E-state index in [0.29, 0.717) is 18.8 Å². The summed E-state index contributed by atoms with van der Waals surface area (Å²) in [5.74, 6) is -1.99. The summed E-state index contributed by atoms with van der Waals surface area (Å²) in [6, 6.07) is 10.8. The van der Waals surface area contributed by atoms with Crippen molar-refractivity contribution < 1.29 is 23.1 Å². The number of carbonyl (C=O) groups excluding carboxylic acids is 2. The van der Waals surface area contributed by atoms with E-state index in [4.69, 9.17) is 4.74 Å². The lowest BCUT2D eigenvalue weighted by Gasteiger charge is -2.17. The molecule has 1 fully saturated rings. The maximum Gasteiger partial charge on any atom is 0.273 e. The fourth-order valence-corrected chi connectivity index (χ4v) is 3.55. The smallest absolute Gasteiger partial charge is 0.273 e. The van der Waals surface area contributed by atoms with Gasteiger partial charge in [-0.1, -0.05) is 17.3 Å². The SMILES string of the molecule is COc1ccc(Cn2cc(C(=O)NCC3CC(=O)N(c4ccc(F)c(F)c4)C3)nn2)cc1. The van der Waals surface area contributed by atoms with Gasteiger partial charge in [-0.05, 0) is 29.8 Å². The van der Waals surface area contributed by atoms with E-state index >= 15 is 0 Å². The van der Waals surface area contributed by atoms with E-state index in [1.807, 2.05) is 24.3 Å². The van der Waals surface area contributed by atoms with Gasteiger partial charge in [0.2, 0.25) is 5.91 Å². The van der Waals surface area contributed by atoms with Gasteiger partial charge < -0.3 is 15.0 Å². The van der Waals surface area contributed by atoms with E-state index in [0.717, 1.165) is 23.4 Å². The Kier molecular flexibility index (Phi) is 6.11. The zero-order chi connectivity index (χ0) is 22.7. The molecule has 0 bridgehead atoms. The molecule has 0 saturated carbocycles. The fraction of sp³-hybridized carbons (Fsp3) is 0.273. The van der Waals surface area contributed by atoms with Gasteiger partial charge in [-0.2, -0.15) is 0 Å². The number of hydrogen-bond donors (Lipinski definition) is 1. The predicted molar refractivity (Wildman–Crippen MR) is 111 cm³/mol. The molecule has 166 valence electrons. The zero-order valence-electron chi connectivity index (χ0n) is 17.3. The van der Waals surface area contributed by atoms with Crippen molar-refractivity contribution in [3.8, 4) is 5.75 Å². The molecule has 1 atom stereocenters. The maximum atomic E-state index is 13.5. The molecule has 2 aromatic carbocycles. The van der Waals surface area contributed by atoms with Crippen LogP contribution in [0, 0.1) is 17.6 Å². The molecule has 1 N–H and O–H groups in total. The van der Waals surface area contributed by atoms with Crippen molar-refractivity contribution in [2.24, 2.45) is 5.92 Å². The second kappa shape index (κ2) is 9.13. The van der Waals surface area contributed by atoms with Gasteiger partial charge >= 0.3 is 0 Å². The lowest BCUT2D eigenvalue weighted by Crippen LogP contribution is -2.31. The average Bonchev–Trinajstić information content (AvgIpc) is 3.41. The van der Waals surface area contributed by atoms with Gasteiger partial charge in [0.1, 0.15) is 5.75 Å². The predicted octanol–water partition coefficient (Wildman–Crippen LogP) is 2.40. The third-order valence-electron chi connectivity index (χ3n) is 5.25. The molecule has 1 aliphatic rings. The number of aromatic nitrogens is 3. The Morgan fingerprint density at radius 2 is 1.97 bits per heavy atom. The van der Waals surface area contributed by atoms with E-state index in [-0.39, 0.29) is 30.5 Å². The number of nitrogens with one attached hydrogen (secondary N) is 1. The van der Waals surface area contributed by atoms with E-state index in [2.05, 4.69) is 15.6 Å². The summed E-state index contributed by atoms with van der Waals surface area (Å²) in [6.07, 6.45) is 1.75. The van der Waals surface area contributed by atoms with E-state index in [9.17, 15) is 18.4 Å². The molecule has 1 aromatic heterocycles. The van der Waals surface area contributed by atoms with E-state index < -0.39 is 17.5 Å². The summed E-state index contributed by atoms with van der Waals surface area (Å²) in [4.78, 5) is 26.1. The molecule has 32 heavy (non-hydrogen) atoms. The Balaban J connectivity index is 1.31. The van der Waals surface area contributed by atoms with Crippen LogP contribution in [0.1, 0.15) is 22.5 Å². The molecule has 0 radical (unpaired) electrons. The Labute approximate surface area is 182 Å². The van der Waals surface area contributed by atoms with Crippen LogP contribution in [-0.4, -0.2) is 47.0 Å². The highest BCUT2D eigenvalue weighted by atomic mass is 19.2. The van der Waals surface area contributed by atoms with Crippen LogP contribution in [0.2, 0.25) is 0 Å². The van der Waals surface area contributed by atoms with Crippen LogP contribution in [0.25, 0.3) is 0 Å². The van der Waals surface area contributed by atoms with Gasteiger partial charge in [-0.15, -0.1) is 5.10 Å². The number of halogens is 2. The van der Waals surface area contributed by atoms with Gasteiger partial charge in [0.25, 0.3) is 5.91 Å². The molecule has 2 heterocycles. The van der Waals surface area contributed by atoms with Crippen LogP contribution < -0.4 is 15.0 Å². The van der Waals surface area contributed by atoms with Crippen molar-refractivity contribution in [2.45, 2.75) is 13.0 Å². The summed E-state index contributed by atoms with van der Waals surface area (Å²) in [5, 5.41) is 10.7. The monoisotopic (exact) mass is 441 g/mol. The van der Waals surface area contributed by atoms with Crippen LogP contribution in [-0.2, 0) is 11.3 Å². The zero-order valence-corrected chi connectivity index (χ0v) is 17.3. The third kappa shape index (κ3) is 4.74. The van der Waals surface area contributed by atoms with Crippen LogP contribution in [0.5, 0.6) is 5.75 Å². The van der Waals surface area contributed by atoms with Crippen LogP contribution in [0.4, 0.5) is 14.5 Å². The minimum Gasteiger partial charge on any atom is -0.497 e. The minimum absolute atomic E-state index is 0.158. The van der Waals surface area contributed by atoms with Crippen LogP contribution in [0.3, 0.4) is 0 Å². The summed E-state index contributed by atoms with van der Waals surface area (Å²) in [5.41, 5.74) is 1.44. The van der Waals surface area contributed by atoms with Crippen LogP contribution in [0.15, 0.2) is 48.7 Å². The fourth-order valence-electron chi connectivity index (χ4n) is 3.55. The largest absolute Gasteiger partial charge is 0.497 e. The second-order valence-electron chi connectivity index (χ2n) is 7.53. The van der Waals surface area contributed by atoms with Gasteiger partial charge in [0, 0.05) is 37.2 Å². The number of amides is 2. The first-order valence-corrected chi connectivity index (χ1v) is 9.99. The molecule has 3 aromatic rings. The molecule has 10 heteroatoms. The topological polar surface area (TPSA) is 89.4 Å². The highest BCUT2D eigenvalue weighted by Crippen LogP contribution is 2.26. The lowest BCUT2D eigenvalue weighted by molar-refractivity contribution is -0.117. The first-order chi connectivity index (χ1) is 15.4. The third-order valence-corrected chi connectivity index (χ3v) is 5.25. The highest BCUT2D eigenvalue weighted by Gasteiger charge is 2.31. The van der Waals surface area contributed by atoms with Crippen molar-refractivity contribution >= 4 is 17.5 Å². The highest BCUT2D eigenvalue weighted by molar-refractivity contribution is 5.96. The Bertz CT molecular complexity index is 1130. The molecule has 1 unspecified atom stereocenters. The second-order valence-corrected chi connectivity index (χ2v) is 7.53. The first kappa shape index (κ1) is 21.4. The molecule has 0 spiro atoms. The molecule has 1 saturated heterocycles. The van der Waals surface area contributed by atoms with E-state index in [1.165, 1.54) is 11.0 Å². The van der Waals surface area contributed by atoms with E-state index in [1.54, 1.807) is 18.0 Å². The normalized spacial score (nSPS) is 15.8. The average molecular weight is 441 g/mol. The minimum atomic E-state index is -1.01. The molecule has 8 nitrogen and oxygen atoms in total. The number of hydrogen-bond acceptors (Lipinski definition) is 5. The number of methoxy groups -OCH3 is 1. The van der Waals surface area contributed by atoms with Crippen molar-refractivity contribution in [3.63, 3.8) is 0 Å². The Hall–Kier alpha value is -3.82. The molecular weight excluding hydrogens is 420 g/mol. The molecule has 1 aliphatic heterocycles. The van der Waals surface area contributed by atoms with Gasteiger partial charge in [-0.25, -0.2) is 13.5 Å². The number of carbonyl (C=O) groups is 2. The van der Waals surface area contributed by atoms with Crippen molar-refractivity contribution in [1.82, 2.24) is 20.3 Å². The molecular formula is C22H21F2N5O3.